The number of carbonyl (C=O) groups is 1. The summed E-state index contributed by atoms with van der Waals surface area (Å²) in [6, 6.07) is 17.1. The van der Waals surface area contributed by atoms with Crippen molar-refractivity contribution in [2.45, 2.75) is 18.9 Å². The fourth-order valence-electron chi connectivity index (χ4n) is 2.25. The molecule has 2 rings (SSSR count). The topological polar surface area (TPSA) is 64.3 Å². The van der Waals surface area contributed by atoms with Crippen molar-refractivity contribution in [3.05, 3.63) is 65.7 Å². The van der Waals surface area contributed by atoms with Crippen LogP contribution in [0.3, 0.4) is 0 Å². The molecule has 0 spiro atoms. The summed E-state index contributed by atoms with van der Waals surface area (Å²) in [5.41, 5.74) is 8.13. The van der Waals surface area contributed by atoms with Crippen LogP contribution in [0.2, 0.25) is 0 Å². The summed E-state index contributed by atoms with van der Waals surface area (Å²) in [6.45, 7) is 0.564. The van der Waals surface area contributed by atoms with Crippen LogP contribution in [-0.4, -0.2) is 25.6 Å². The Morgan fingerprint density at radius 2 is 1.83 bits per heavy atom. The van der Waals surface area contributed by atoms with E-state index < -0.39 is 6.04 Å². The molecule has 0 radical (unpaired) electrons. The molecule has 124 valence electrons. The van der Waals surface area contributed by atoms with Gasteiger partial charge in [-0.05, 0) is 36.1 Å². The first-order valence-corrected chi connectivity index (χ1v) is 7.39. The van der Waals surface area contributed by atoms with E-state index in [9.17, 15) is 4.79 Å². The van der Waals surface area contributed by atoms with Gasteiger partial charge in [-0.1, -0.05) is 42.5 Å². The quantitative estimate of drug-likeness (QED) is 0.817. The maximum absolute atomic E-state index is 12.0. The number of benzene rings is 2. The summed E-state index contributed by atoms with van der Waals surface area (Å²) in [5.74, 6) is 0.705. The van der Waals surface area contributed by atoms with E-state index in [1.54, 1.807) is 7.11 Å². The van der Waals surface area contributed by atoms with Crippen LogP contribution in [0.5, 0.6) is 5.75 Å². The zero-order valence-electron chi connectivity index (χ0n) is 13.2. The van der Waals surface area contributed by atoms with Crippen LogP contribution in [0.15, 0.2) is 54.6 Å². The van der Waals surface area contributed by atoms with Crippen molar-refractivity contribution in [1.29, 1.82) is 0 Å². The van der Waals surface area contributed by atoms with Crippen molar-refractivity contribution in [2.75, 3.05) is 13.7 Å². The van der Waals surface area contributed by atoms with Gasteiger partial charge in [0.15, 0.2) is 0 Å². The Hall–Kier alpha value is -2.04. The van der Waals surface area contributed by atoms with Crippen molar-refractivity contribution in [3.63, 3.8) is 0 Å². The Morgan fingerprint density at radius 1 is 1.13 bits per heavy atom. The number of hydrogen-bond donors (Lipinski definition) is 2. The van der Waals surface area contributed by atoms with Crippen LogP contribution in [-0.2, 0) is 17.6 Å². The minimum atomic E-state index is -0.521. The number of ether oxygens (including phenoxy) is 1. The van der Waals surface area contributed by atoms with E-state index >= 15 is 0 Å². The molecule has 2 aromatic carbocycles. The summed E-state index contributed by atoms with van der Waals surface area (Å²) in [4.78, 5) is 12.0. The zero-order valence-corrected chi connectivity index (χ0v) is 14.0. The third-order valence-electron chi connectivity index (χ3n) is 3.48. The van der Waals surface area contributed by atoms with Gasteiger partial charge in [-0.3, -0.25) is 4.79 Å². The smallest absolute Gasteiger partial charge is 0.237 e. The minimum Gasteiger partial charge on any atom is -0.497 e. The van der Waals surface area contributed by atoms with Crippen molar-refractivity contribution in [3.8, 4) is 5.75 Å². The van der Waals surface area contributed by atoms with Crippen molar-refractivity contribution in [2.24, 2.45) is 5.73 Å². The van der Waals surface area contributed by atoms with Crippen LogP contribution >= 0.6 is 12.4 Å². The molecular formula is C18H23ClN2O2. The Bertz CT molecular complexity index is 605. The molecule has 0 fully saturated rings. The van der Waals surface area contributed by atoms with Crippen LogP contribution in [0.1, 0.15) is 11.1 Å². The molecule has 0 aliphatic carbocycles. The maximum atomic E-state index is 12.0. The lowest BCUT2D eigenvalue weighted by molar-refractivity contribution is -0.122. The van der Waals surface area contributed by atoms with E-state index in [1.807, 2.05) is 54.6 Å². The molecule has 1 amide bonds. The molecule has 0 aliphatic heterocycles. The number of rotatable bonds is 7. The van der Waals surface area contributed by atoms with E-state index in [4.69, 9.17) is 10.5 Å². The Labute approximate surface area is 143 Å². The lowest BCUT2D eigenvalue weighted by Crippen LogP contribution is -2.42. The van der Waals surface area contributed by atoms with Gasteiger partial charge in [0.05, 0.1) is 13.2 Å². The maximum Gasteiger partial charge on any atom is 0.237 e. The third-order valence-corrected chi connectivity index (χ3v) is 3.48. The standard InChI is InChI=1S/C18H22N2O2.ClH/c1-22-16-9-5-8-15(12-16)10-11-20-18(21)17(19)13-14-6-3-2-4-7-14;/h2-9,12,17H,10-11,13,19H2,1H3,(H,20,21);1H/t17-;/m0./s1. The molecule has 0 unspecified atom stereocenters. The lowest BCUT2D eigenvalue weighted by Gasteiger charge is -2.12. The molecule has 2 aromatic rings. The second-order valence-electron chi connectivity index (χ2n) is 5.19. The monoisotopic (exact) mass is 334 g/mol. The van der Waals surface area contributed by atoms with E-state index in [2.05, 4.69) is 5.32 Å². The predicted molar refractivity (Wildman–Crippen MR) is 95.1 cm³/mol. The highest BCUT2D eigenvalue weighted by molar-refractivity contribution is 5.85. The fraction of sp³-hybridized carbons (Fsp3) is 0.278. The van der Waals surface area contributed by atoms with Gasteiger partial charge >= 0.3 is 0 Å². The number of amides is 1. The zero-order chi connectivity index (χ0) is 15.8. The highest BCUT2D eigenvalue weighted by Gasteiger charge is 2.13. The molecule has 23 heavy (non-hydrogen) atoms. The average Bonchev–Trinajstić information content (AvgIpc) is 2.56. The van der Waals surface area contributed by atoms with Gasteiger partial charge in [0, 0.05) is 6.54 Å². The molecule has 0 saturated heterocycles. The first-order valence-electron chi connectivity index (χ1n) is 7.39. The lowest BCUT2D eigenvalue weighted by atomic mass is 10.1. The summed E-state index contributed by atoms with van der Waals surface area (Å²) in [6.07, 6.45) is 1.30. The van der Waals surface area contributed by atoms with Gasteiger partial charge in [-0.25, -0.2) is 0 Å². The van der Waals surface area contributed by atoms with Crippen LogP contribution in [0.4, 0.5) is 0 Å². The molecule has 0 aromatic heterocycles. The highest BCUT2D eigenvalue weighted by atomic mass is 35.5. The van der Waals surface area contributed by atoms with Gasteiger partial charge in [-0.15, -0.1) is 12.4 Å². The predicted octanol–water partition coefficient (Wildman–Crippen LogP) is 2.35. The van der Waals surface area contributed by atoms with Crippen LogP contribution < -0.4 is 15.8 Å². The van der Waals surface area contributed by atoms with Crippen molar-refractivity contribution in [1.82, 2.24) is 5.32 Å². The number of halogens is 1. The first-order chi connectivity index (χ1) is 10.7. The first kappa shape index (κ1) is 19.0. The van der Waals surface area contributed by atoms with Gasteiger partial charge in [0.1, 0.15) is 5.75 Å². The summed E-state index contributed by atoms with van der Waals surface area (Å²) < 4.78 is 5.18. The molecule has 5 heteroatoms. The van der Waals surface area contributed by atoms with Crippen LogP contribution in [0, 0.1) is 0 Å². The van der Waals surface area contributed by atoms with E-state index in [0.29, 0.717) is 13.0 Å². The van der Waals surface area contributed by atoms with Crippen molar-refractivity contribution >= 4 is 18.3 Å². The summed E-state index contributed by atoms with van der Waals surface area (Å²) in [7, 11) is 1.64. The van der Waals surface area contributed by atoms with E-state index in [0.717, 1.165) is 23.3 Å². The largest absolute Gasteiger partial charge is 0.497 e. The second kappa shape index (κ2) is 9.87. The average molecular weight is 335 g/mol. The highest BCUT2D eigenvalue weighted by Crippen LogP contribution is 2.12. The van der Waals surface area contributed by atoms with Crippen molar-refractivity contribution < 1.29 is 9.53 Å². The third kappa shape index (κ3) is 6.30. The molecule has 0 aliphatic rings. The number of nitrogens with two attached hydrogens (primary N) is 1. The van der Waals surface area contributed by atoms with Crippen LogP contribution in [0.25, 0.3) is 0 Å². The summed E-state index contributed by atoms with van der Waals surface area (Å²) in [5, 5.41) is 2.88. The van der Waals surface area contributed by atoms with Gasteiger partial charge in [0.25, 0.3) is 0 Å². The molecule has 0 saturated carbocycles. The molecule has 0 heterocycles. The number of nitrogens with one attached hydrogen (secondary N) is 1. The second-order valence-corrected chi connectivity index (χ2v) is 5.19. The normalized spacial score (nSPS) is 11.2. The van der Waals surface area contributed by atoms with Gasteiger partial charge in [-0.2, -0.15) is 0 Å². The molecule has 1 atom stereocenters. The Kier molecular flexibility index (Phi) is 8.16. The molecular weight excluding hydrogens is 312 g/mol. The fourth-order valence-corrected chi connectivity index (χ4v) is 2.25. The number of methoxy groups -OCH3 is 1. The van der Waals surface area contributed by atoms with Gasteiger partial charge in [0.2, 0.25) is 5.91 Å². The Balaban J connectivity index is 0.00000264. The number of hydrogen-bond acceptors (Lipinski definition) is 3. The minimum absolute atomic E-state index is 0. The summed E-state index contributed by atoms with van der Waals surface area (Å²) >= 11 is 0. The SMILES string of the molecule is COc1cccc(CCNC(=O)[C@@H](N)Cc2ccccc2)c1.Cl. The molecule has 3 N–H and O–H groups in total. The van der Waals surface area contributed by atoms with Gasteiger partial charge < -0.3 is 15.8 Å². The number of carbonyl (C=O) groups excluding carboxylic acids is 1. The van der Waals surface area contributed by atoms with E-state index in [1.165, 1.54) is 0 Å². The molecule has 0 bridgehead atoms. The Morgan fingerprint density at radius 3 is 2.52 bits per heavy atom. The van der Waals surface area contributed by atoms with E-state index in [-0.39, 0.29) is 18.3 Å². The molecule has 4 nitrogen and oxygen atoms in total.